The van der Waals surface area contributed by atoms with E-state index in [9.17, 15) is 14.4 Å². The van der Waals surface area contributed by atoms with Crippen molar-refractivity contribution in [2.75, 3.05) is 17.3 Å². The Morgan fingerprint density at radius 3 is 2.37 bits per heavy atom. The Balaban J connectivity index is 1.96. The molecule has 0 aliphatic heterocycles. The Morgan fingerprint density at radius 1 is 1.19 bits per heavy atom. The normalized spacial score (nSPS) is 11.6. The van der Waals surface area contributed by atoms with Gasteiger partial charge in [-0.15, -0.1) is 0 Å². The SMILES string of the molecule is C=CCOc1ccc(-c2noc(C)c2C(=O)N=C(N)N(Cc2cc(Cl)c(NC(=O)CBr)c(Cl)c2)C(=O)OC(C)(C)C)cc1. The van der Waals surface area contributed by atoms with Crippen molar-refractivity contribution in [3.63, 3.8) is 0 Å². The van der Waals surface area contributed by atoms with Gasteiger partial charge in [0, 0.05) is 5.56 Å². The molecular formula is C29H30BrCl2N5O6. The van der Waals surface area contributed by atoms with Gasteiger partial charge in [-0.1, -0.05) is 56.9 Å². The minimum atomic E-state index is -0.890. The number of benzene rings is 2. The predicted octanol–water partition coefficient (Wildman–Crippen LogP) is 6.75. The van der Waals surface area contributed by atoms with Crippen molar-refractivity contribution >= 4 is 68.7 Å². The first-order valence-corrected chi connectivity index (χ1v) is 14.6. The number of nitrogens with zero attached hydrogens (tertiary/aromatic N) is 3. The average molecular weight is 695 g/mol. The zero-order chi connectivity index (χ0) is 31.9. The Labute approximate surface area is 267 Å². The number of aromatic nitrogens is 1. The first-order valence-electron chi connectivity index (χ1n) is 12.8. The molecule has 1 aromatic heterocycles. The molecule has 0 aliphatic rings. The Hall–Kier alpha value is -3.87. The summed E-state index contributed by atoms with van der Waals surface area (Å²) in [5.74, 6) is -0.807. The molecule has 43 heavy (non-hydrogen) atoms. The number of ether oxygens (including phenoxy) is 2. The molecule has 228 valence electrons. The summed E-state index contributed by atoms with van der Waals surface area (Å²) in [7, 11) is 0. The van der Waals surface area contributed by atoms with Gasteiger partial charge in [0.2, 0.25) is 11.9 Å². The van der Waals surface area contributed by atoms with Crippen LogP contribution >= 0.6 is 39.1 Å². The minimum Gasteiger partial charge on any atom is -0.490 e. The van der Waals surface area contributed by atoms with E-state index in [4.69, 9.17) is 42.9 Å². The van der Waals surface area contributed by atoms with E-state index in [0.717, 1.165) is 4.90 Å². The van der Waals surface area contributed by atoms with Gasteiger partial charge >= 0.3 is 6.09 Å². The second-order valence-corrected chi connectivity index (χ2v) is 11.4. The van der Waals surface area contributed by atoms with Crippen LogP contribution in [0.4, 0.5) is 10.5 Å². The number of amides is 3. The van der Waals surface area contributed by atoms with E-state index in [-0.39, 0.29) is 50.5 Å². The maximum Gasteiger partial charge on any atom is 0.417 e. The third-order valence-electron chi connectivity index (χ3n) is 5.51. The largest absolute Gasteiger partial charge is 0.490 e. The molecule has 0 aliphatic carbocycles. The van der Waals surface area contributed by atoms with Crippen LogP contribution in [0.25, 0.3) is 11.3 Å². The van der Waals surface area contributed by atoms with Crippen LogP contribution in [0, 0.1) is 6.92 Å². The quantitative estimate of drug-likeness (QED) is 0.108. The monoisotopic (exact) mass is 693 g/mol. The zero-order valence-electron chi connectivity index (χ0n) is 23.9. The van der Waals surface area contributed by atoms with Crippen molar-refractivity contribution in [2.24, 2.45) is 10.7 Å². The van der Waals surface area contributed by atoms with Gasteiger partial charge < -0.3 is 25.0 Å². The predicted molar refractivity (Wildman–Crippen MR) is 169 cm³/mol. The molecule has 14 heteroatoms. The number of alkyl halides is 1. The van der Waals surface area contributed by atoms with Crippen LogP contribution in [0.2, 0.25) is 10.0 Å². The van der Waals surface area contributed by atoms with Gasteiger partial charge in [0.1, 0.15) is 35.0 Å². The number of nitrogens with two attached hydrogens (primary N) is 1. The summed E-state index contributed by atoms with van der Waals surface area (Å²) in [5.41, 5.74) is 6.83. The summed E-state index contributed by atoms with van der Waals surface area (Å²) in [6, 6.07) is 9.84. The molecule has 3 aromatic rings. The highest BCUT2D eigenvalue weighted by atomic mass is 79.9. The Morgan fingerprint density at radius 2 is 1.81 bits per heavy atom. The number of halogens is 3. The number of hydrogen-bond acceptors (Lipinski definition) is 7. The lowest BCUT2D eigenvalue weighted by atomic mass is 10.1. The fraction of sp³-hybridized carbons (Fsp3) is 0.276. The summed E-state index contributed by atoms with van der Waals surface area (Å²) in [4.78, 5) is 43.4. The van der Waals surface area contributed by atoms with Crippen LogP contribution in [-0.4, -0.2) is 51.5 Å². The molecule has 0 atom stereocenters. The van der Waals surface area contributed by atoms with Gasteiger partial charge in [0.05, 0.1) is 27.6 Å². The highest BCUT2D eigenvalue weighted by Crippen LogP contribution is 2.33. The van der Waals surface area contributed by atoms with Gasteiger partial charge in [-0.05, 0) is 69.7 Å². The summed E-state index contributed by atoms with van der Waals surface area (Å²) < 4.78 is 16.3. The van der Waals surface area contributed by atoms with Gasteiger partial charge in [-0.3, -0.25) is 9.59 Å². The second kappa shape index (κ2) is 14.5. The molecule has 0 fully saturated rings. The van der Waals surface area contributed by atoms with E-state index in [1.165, 1.54) is 12.1 Å². The molecule has 0 saturated carbocycles. The fourth-order valence-corrected chi connectivity index (χ4v) is 4.42. The van der Waals surface area contributed by atoms with E-state index >= 15 is 0 Å². The second-order valence-electron chi connectivity index (χ2n) is 10.0. The lowest BCUT2D eigenvalue weighted by molar-refractivity contribution is -0.113. The molecule has 0 radical (unpaired) electrons. The van der Waals surface area contributed by atoms with Crippen molar-refractivity contribution in [2.45, 2.75) is 39.8 Å². The van der Waals surface area contributed by atoms with E-state index in [1.54, 1.807) is 58.0 Å². The summed E-state index contributed by atoms with van der Waals surface area (Å²) in [5, 5.41) is 6.90. The molecule has 0 bridgehead atoms. The zero-order valence-corrected chi connectivity index (χ0v) is 27.0. The molecule has 2 aromatic carbocycles. The number of guanidine groups is 1. The standard InChI is InChI=1S/C29H30BrCl2N5O6/c1-6-11-41-19-9-7-18(8-10-19)24-23(16(2)43-36-24)26(39)35-27(33)37(28(40)42-29(3,4)5)15-17-12-20(31)25(21(32)13-17)34-22(38)14-30/h6-10,12-13H,1,11,14-15H2,2-5H3,(H,34,38)(H2,33,35,39). The van der Waals surface area contributed by atoms with E-state index in [0.29, 0.717) is 23.5 Å². The Bertz CT molecular complexity index is 1530. The maximum absolute atomic E-state index is 13.4. The van der Waals surface area contributed by atoms with Crippen LogP contribution in [0.5, 0.6) is 5.75 Å². The van der Waals surface area contributed by atoms with Crippen LogP contribution < -0.4 is 15.8 Å². The van der Waals surface area contributed by atoms with Crippen LogP contribution in [0.1, 0.15) is 42.5 Å². The van der Waals surface area contributed by atoms with Crippen molar-refractivity contribution in [1.82, 2.24) is 10.1 Å². The molecule has 0 spiro atoms. The van der Waals surface area contributed by atoms with Crippen molar-refractivity contribution < 1.29 is 28.4 Å². The number of rotatable bonds is 9. The van der Waals surface area contributed by atoms with Crippen LogP contribution in [0.3, 0.4) is 0 Å². The molecule has 3 amide bonds. The van der Waals surface area contributed by atoms with Gasteiger partial charge in [-0.2, -0.15) is 4.99 Å². The van der Waals surface area contributed by atoms with Crippen LogP contribution in [-0.2, 0) is 16.1 Å². The average Bonchev–Trinajstić information content (AvgIpc) is 3.32. The number of nitrogens with one attached hydrogen (secondary N) is 1. The third-order valence-corrected chi connectivity index (χ3v) is 6.61. The minimum absolute atomic E-state index is 0.0394. The van der Waals surface area contributed by atoms with Gasteiger partial charge in [0.15, 0.2) is 0 Å². The van der Waals surface area contributed by atoms with E-state index in [2.05, 4.69) is 38.0 Å². The first kappa shape index (κ1) is 33.6. The molecule has 11 nitrogen and oxygen atoms in total. The number of aliphatic imine (C=N–C) groups is 1. The van der Waals surface area contributed by atoms with Gasteiger partial charge in [0.25, 0.3) is 5.91 Å². The number of carbonyl (C=O) groups is 3. The Kier molecular flexibility index (Phi) is 11.4. The van der Waals surface area contributed by atoms with Crippen molar-refractivity contribution in [3.8, 4) is 17.0 Å². The molecular weight excluding hydrogens is 665 g/mol. The smallest absolute Gasteiger partial charge is 0.417 e. The van der Waals surface area contributed by atoms with E-state index in [1.807, 2.05) is 0 Å². The number of aryl methyl sites for hydroxylation is 1. The van der Waals surface area contributed by atoms with Crippen molar-refractivity contribution in [3.05, 3.63) is 76.0 Å². The maximum atomic E-state index is 13.4. The molecule has 3 N–H and O–H groups in total. The van der Waals surface area contributed by atoms with Crippen molar-refractivity contribution in [1.29, 1.82) is 0 Å². The van der Waals surface area contributed by atoms with Gasteiger partial charge in [-0.25, -0.2) is 9.69 Å². The topological polar surface area (TPSA) is 149 Å². The summed E-state index contributed by atoms with van der Waals surface area (Å²) in [6.45, 7) is 10.3. The molecule has 3 rings (SSSR count). The third kappa shape index (κ3) is 9.06. The highest BCUT2D eigenvalue weighted by Gasteiger charge is 2.28. The number of anilines is 1. The lowest BCUT2D eigenvalue weighted by Gasteiger charge is -2.27. The first-order chi connectivity index (χ1) is 20.2. The fourth-order valence-electron chi connectivity index (χ4n) is 3.65. The number of hydrogen-bond donors (Lipinski definition) is 2. The number of carbonyl (C=O) groups excluding carboxylic acids is 3. The summed E-state index contributed by atoms with van der Waals surface area (Å²) >= 11 is 15.8. The van der Waals surface area contributed by atoms with Crippen LogP contribution in [0.15, 0.2) is 58.6 Å². The summed E-state index contributed by atoms with van der Waals surface area (Å²) in [6.07, 6.45) is 0.751. The van der Waals surface area contributed by atoms with E-state index < -0.39 is 23.6 Å². The molecule has 0 unspecified atom stereocenters. The highest BCUT2D eigenvalue weighted by molar-refractivity contribution is 9.09. The lowest BCUT2D eigenvalue weighted by Crippen LogP contribution is -2.44. The molecule has 1 heterocycles. The molecule has 0 saturated heterocycles.